The van der Waals surface area contributed by atoms with Gasteiger partial charge in [0.05, 0.1) is 12.3 Å². The minimum atomic E-state index is -1.49. The van der Waals surface area contributed by atoms with Crippen LogP contribution in [0.5, 0.6) is 0 Å². The molecule has 18 heavy (non-hydrogen) atoms. The molecule has 0 aliphatic heterocycles. The van der Waals surface area contributed by atoms with Crippen molar-refractivity contribution in [3.63, 3.8) is 0 Å². The monoisotopic (exact) mass is 275 g/mol. The summed E-state index contributed by atoms with van der Waals surface area (Å²) in [6, 6.07) is 0. The largest absolute Gasteiger partial charge is 0.411 e. The Morgan fingerprint density at radius 3 is 2.67 bits per heavy atom. The van der Waals surface area contributed by atoms with E-state index in [4.69, 9.17) is 9.94 Å². The number of hydrogen-bond acceptors (Lipinski definition) is 4. The van der Waals surface area contributed by atoms with E-state index in [1.807, 2.05) is 17.7 Å². The molecule has 0 spiro atoms. The molecule has 106 valence electrons. The lowest BCUT2D eigenvalue weighted by atomic mass is 10.6. The first-order valence-corrected chi connectivity index (χ1v) is 10.2. The normalized spacial score (nSPS) is 14.8. The van der Waals surface area contributed by atoms with Gasteiger partial charge in [0.25, 0.3) is 0 Å². The van der Waals surface area contributed by atoms with E-state index < -0.39 is 9.16 Å². The van der Waals surface area contributed by atoms with Gasteiger partial charge >= 0.3 is 0 Å². The van der Waals surface area contributed by atoms with Crippen LogP contribution in [-0.4, -0.2) is 58.4 Å². The Kier molecular flexibility index (Phi) is 4.45. The van der Waals surface area contributed by atoms with Crippen LogP contribution >= 0.6 is 9.16 Å². The molecule has 0 saturated heterocycles. The SMILES string of the molecule is Cc1cn(COCC[SH](C)(C)(C)C)c(/C=N/O)n1. The number of thiol groups is 1. The Bertz CT molecular complexity index is 423. The van der Waals surface area contributed by atoms with Crippen molar-refractivity contribution in [2.45, 2.75) is 13.7 Å². The highest BCUT2D eigenvalue weighted by atomic mass is 32.3. The van der Waals surface area contributed by atoms with E-state index in [1.54, 1.807) is 0 Å². The van der Waals surface area contributed by atoms with E-state index in [0.29, 0.717) is 12.6 Å². The first kappa shape index (κ1) is 15.0. The molecule has 1 aromatic rings. The predicted octanol–water partition coefficient (Wildman–Crippen LogP) is 1.57. The number of oxime groups is 1. The van der Waals surface area contributed by atoms with Gasteiger partial charge in [-0.25, -0.2) is 4.98 Å². The van der Waals surface area contributed by atoms with E-state index in [2.05, 4.69) is 35.2 Å². The number of hydrogen-bond donors (Lipinski definition) is 2. The molecular weight excluding hydrogens is 250 g/mol. The summed E-state index contributed by atoms with van der Waals surface area (Å²) in [5.41, 5.74) is 0.880. The second kappa shape index (κ2) is 5.32. The number of aryl methyl sites for hydroxylation is 1. The molecule has 0 amide bonds. The van der Waals surface area contributed by atoms with Crippen molar-refractivity contribution in [1.82, 2.24) is 9.55 Å². The average molecular weight is 275 g/mol. The Morgan fingerprint density at radius 2 is 2.11 bits per heavy atom. The lowest BCUT2D eigenvalue weighted by molar-refractivity contribution is 0.0890. The van der Waals surface area contributed by atoms with Gasteiger partial charge in [0.2, 0.25) is 0 Å². The molecule has 0 aromatic carbocycles. The molecule has 1 N–H and O–H groups in total. The molecule has 0 unspecified atom stereocenters. The van der Waals surface area contributed by atoms with Crippen LogP contribution in [0.3, 0.4) is 0 Å². The van der Waals surface area contributed by atoms with Crippen LogP contribution < -0.4 is 0 Å². The molecular formula is C12H25N3O2S. The van der Waals surface area contributed by atoms with E-state index in [1.165, 1.54) is 6.21 Å². The fourth-order valence-corrected chi connectivity index (χ4v) is 2.28. The number of nitrogens with zero attached hydrogens (tertiary/aromatic N) is 3. The van der Waals surface area contributed by atoms with Gasteiger partial charge in [-0.3, -0.25) is 9.16 Å². The summed E-state index contributed by atoms with van der Waals surface area (Å²) < 4.78 is 7.51. The number of ether oxygens (including phenoxy) is 1. The smallest absolute Gasteiger partial charge is 0.156 e. The van der Waals surface area contributed by atoms with Gasteiger partial charge in [0.1, 0.15) is 12.9 Å². The van der Waals surface area contributed by atoms with Crippen LogP contribution in [0.2, 0.25) is 0 Å². The summed E-state index contributed by atoms with van der Waals surface area (Å²) in [6.45, 7) is 3.08. The molecule has 1 rings (SSSR count). The standard InChI is InChI=1S/C12H25N3O2S/c1-11-9-15(12(14-11)8-13-16)10-17-6-7-18(2,3,4)5/h8-9,16,18H,6-7,10H2,1-5H3/b13-8+. The summed E-state index contributed by atoms with van der Waals surface area (Å²) in [7, 11) is -1.49. The minimum Gasteiger partial charge on any atom is -0.411 e. The molecule has 0 aliphatic rings. The van der Waals surface area contributed by atoms with Crippen molar-refractivity contribution in [2.75, 3.05) is 37.4 Å². The number of imidazole rings is 1. The van der Waals surface area contributed by atoms with Crippen LogP contribution in [0.25, 0.3) is 0 Å². The number of aromatic nitrogens is 2. The van der Waals surface area contributed by atoms with Crippen LogP contribution in [-0.2, 0) is 11.5 Å². The minimum absolute atomic E-state index is 0.439. The maximum absolute atomic E-state index is 8.55. The van der Waals surface area contributed by atoms with Crippen molar-refractivity contribution in [3.05, 3.63) is 17.7 Å². The summed E-state index contributed by atoms with van der Waals surface area (Å²) in [4.78, 5) is 4.22. The van der Waals surface area contributed by atoms with Crippen molar-refractivity contribution < 1.29 is 9.94 Å². The zero-order valence-electron chi connectivity index (χ0n) is 11.9. The lowest BCUT2D eigenvalue weighted by Crippen LogP contribution is -2.20. The Labute approximate surface area is 109 Å². The van der Waals surface area contributed by atoms with Crippen LogP contribution in [0, 0.1) is 6.92 Å². The highest BCUT2D eigenvalue weighted by Crippen LogP contribution is 2.54. The van der Waals surface area contributed by atoms with E-state index >= 15 is 0 Å². The molecule has 0 aliphatic carbocycles. The maximum Gasteiger partial charge on any atom is 0.156 e. The Hall–Kier alpha value is -1.01. The fraction of sp³-hybridized carbons (Fsp3) is 0.667. The van der Waals surface area contributed by atoms with Gasteiger partial charge in [-0.05, 0) is 37.7 Å². The van der Waals surface area contributed by atoms with E-state index in [-0.39, 0.29) is 0 Å². The molecule has 1 aromatic heterocycles. The third-order valence-corrected chi connectivity index (χ3v) is 4.43. The van der Waals surface area contributed by atoms with Crippen molar-refractivity contribution in [3.8, 4) is 0 Å². The zero-order chi connectivity index (χ0) is 13.8. The van der Waals surface area contributed by atoms with Crippen LogP contribution in [0.4, 0.5) is 0 Å². The third kappa shape index (κ3) is 5.55. The topological polar surface area (TPSA) is 59.6 Å². The van der Waals surface area contributed by atoms with E-state index in [9.17, 15) is 0 Å². The summed E-state index contributed by atoms with van der Waals surface area (Å²) >= 11 is 0. The molecule has 0 radical (unpaired) electrons. The predicted molar refractivity (Wildman–Crippen MR) is 79.8 cm³/mol. The molecule has 0 fully saturated rings. The third-order valence-electron chi connectivity index (χ3n) is 2.46. The first-order chi connectivity index (χ1) is 8.17. The lowest BCUT2D eigenvalue weighted by Gasteiger charge is -2.46. The summed E-state index contributed by atoms with van der Waals surface area (Å²) in [6.07, 6.45) is 12.5. The van der Waals surface area contributed by atoms with Gasteiger partial charge in [0.15, 0.2) is 5.82 Å². The van der Waals surface area contributed by atoms with Crippen molar-refractivity contribution in [2.24, 2.45) is 5.16 Å². The van der Waals surface area contributed by atoms with Gasteiger partial charge < -0.3 is 14.5 Å². The molecule has 0 saturated carbocycles. The first-order valence-electron chi connectivity index (χ1n) is 5.96. The van der Waals surface area contributed by atoms with Gasteiger partial charge in [0, 0.05) is 6.20 Å². The second-order valence-electron chi connectivity index (χ2n) is 6.66. The molecule has 0 bridgehead atoms. The summed E-state index contributed by atoms with van der Waals surface area (Å²) in [5, 5.41) is 11.5. The quantitative estimate of drug-likeness (QED) is 0.272. The second-order valence-corrected chi connectivity index (χ2v) is 15.0. The highest BCUT2D eigenvalue weighted by molar-refractivity contribution is 8.47. The molecule has 1 heterocycles. The maximum atomic E-state index is 8.55. The fourth-order valence-electron chi connectivity index (χ4n) is 1.42. The van der Waals surface area contributed by atoms with E-state index in [0.717, 1.165) is 18.1 Å². The van der Waals surface area contributed by atoms with Crippen LogP contribution in [0.15, 0.2) is 11.4 Å². The molecule has 6 heteroatoms. The Morgan fingerprint density at radius 1 is 1.44 bits per heavy atom. The Balaban J connectivity index is 2.49. The van der Waals surface area contributed by atoms with Crippen molar-refractivity contribution >= 4 is 15.4 Å². The molecule has 5 nitrogen and oxygen atoms in total. The summed E-state index contributed by atoms with van der Waals surface area (Å²) in [5.74, 6) is 1.70. The van der Waals surface area contributed by atoms with Crippen molar-refractivity contribution in [1.29, 1.82) is 0 Å². The zero-order valence-corrected chi connectivity index (χ0v) is 12.8. The van der Waals surface area contributed by atoms with Gasteiger partial charge in [-0.15, -0.1) is 0 Å². The highest BCUT2D eigenvalue weighted by Gasteiger charge is 2.17. The van der Waals surface area contributed by atoms with Gasteiger partial charge in [-0.1, -0.05) is 5.16 Å². The average Bonchev–Trinajstić information content (AvgIpc) is 2.52. The molecule has 0 atom stereocenters. The van der Waals surface area contributed by atoms with Gasteiger partial charge in [-0.2, -0.15) is 0 Å². The number of rotatable bonds is 6. The van der Waals surface area contributed by atoms with Crippen LogP contribution in [0.1, 0.15) is 11.5 Å².